The highest BCUT2D eigenvalue weighted by Crippen LogP contribution is 2.33. The van der Waals surface area contributed by atoms with Gasteiger partial charge in [-0.15, -0.1) is 0 Å². The number of amides is 3. The van der Waals surface area contributed by atoms with E-state index >= 15 is 0 Å². The van der Waals surface area contributed by atoms with Gasteiger partial charge in [0.25, 0.3) is 0 Å². The number of unbranched alkanes of at least 4 members (excludes halogenated alkanes) is 1. The Hall–Kier alpha value is -2.09. The van der Waals surface area contributed by atoms with Crippen LogP contribution in [0.5, 0.6) is 11.5 Å². The van der Waals surface area contributed by atoms with Crippen molar-refractivity contribution in [3.05, 3.63) is 18.2 Å². The number of rotatable bonds is 8. The van der Waals surface area contributed by atoms with Crippen LogP contribution in [0.25, 0.3) is 0 Å². The lowest BCUT2D eigenvalue weighted by Crippen LogP contribution is -2.36. The molecule has 8 heteroatoms. The van der Waals surface area contributed by atoms with E-state index in [4.69, 9.17) is 9.47 Å². The topological polar surface area (TPSA) is 88.7 Å². The molecule has 1 aromatic rings. The number of carbonyl (C=O) groups excluding carboxylic acids is 2. The number of ether oxygens (including phenoxy) is 2. The molecule has 2 fully saturated rings. The van der Waals surface area contributed by atoms with Crippen LogP contribution in [0, 0.1) is 0 Å². The molecule has 0 spiro atoms. The first-order chi connectivity index (χ1) is 12.6. The molecule has 3 amide bonds. The Morgan fingerprint density at radius 1 is 1.27 bits per heavy atom. The normalized spacial score (nSPS) is 23.8. The molecule has 142 valence electrons. The average molecular weight is 379 g/mol. The van der Waals surface area contributed by atoms with Gasteiger partial charge in [0.1, 0.15) is 11.5 Å². The number of hydrogen-bond acceptors (Lipinski definition) is 5. The number of thioether (sulfide) groups is 1. The second-order valence-electron chi connectivity index (χ2n) is 6.48. The number of methoxy groups -OCH3 is 2. The van der Waals surface area contributed by atoms with E-state index in [1.54, 1.807) is 32.4 Å². The van der Waals surface area contributed by atoms with Crippen LogP contribution in [0.2, 0.25) is 0 Å². The summed E-state index contributed by atoms with van der Waals surface area (Å²) >= 11 is 1.90. The van der Waals surface area contributed by atoms with Gasteiger partial charge in [0.05, 0.1) is 32.0 Å². The lowest BCUT2D eigenvalue weighted by molar-refractivity contribution is -0.116. The first kappa shape index (κ1) is 18.7. The molecule has 2 aliphatic rings. The first-order valence-corrected chi connectivity index (χ1v) is 9.86. The Bertz CT molecular complexity index is 670. The fourth-order valence-electron chi connectivity index (χ4n) is 3.40. The van der Waals surface area contributed by atoms with Crippen molar-refractivity contribution in [1.29, 1.82) is 0 Å². The molecule has 7 nitrogen and oxygen atoms in total. The monoisotopic (exact) mass is 379 g/mol. The molecular weight excluding hydrogens is 354 g/mol. The third kappa shape index (κ3) is 4.35. The summed E-state index contributed by atoms with van der Waals surface area (Å²) in [5, 5.41) is 9.26. The summed E-state index contributed by atoms with van der Waals surface area (Å²) in [7, 11) is 3.15. The number of nitrogens with one attached hydrogen (secondary N) is 3. The highest BCUT2D eigenvalue weighted by Gasteiger charge is 2.42. The number of hydrogen-bond donors (Lipinski definition) is 3. The highest BCUT2D eigenvalue weighted by atomic mass is 32.2. The highest BCUT2D eigenvalue weighted by molar-refractivity contribution is 8.00. The third-order valence-electron chi connectivity index (χ3n) is 4.76. The second kappa shape index (κ2) is 8.53. The van der Waals surface area contributed by atoms with Crippen LogP contribution in [0.15, 0.2) is 18.2 Å². The zero-order chi connectivity index (χ0) is 18.5. The molecule has 3 rings (SSSR count). The maximum Gasteiger partial charge on any atom is 0.315 e. The van der Waals surface area contributed by atoms with E-state index in [9.17, 15) is 9.59 Å². The second-order valence-corrected chi connectivity index (χ2v) is 7.75. The summed E-state index contributed by atoms with van der Waals surface area (Å²) in [5.74, 6) is 2.20. The summed E-state index contributed by atoms with van der Waals surface area (Å²) in [4.78, 5) is 23.6. The standard InChI is InChI=1S/C18H25N3O4S/c1-24-11-7-8-14(25-2)12(9-11)19-16(22)6-4-3-5-15-17-13(10-26-15)20-18(23)21-17/h7-9,13,15,17H,3-6,10H2,1-2H3,(H,19,22)(H2,20,21,23)/t13-,15+,17+/m0/s1. The van der Waals surface area contributed by atoms with Crippen LogP contribution in [0.4, 0.5) is 10.5 Å². The summed E-state index contributed by atoms with van der Waals surface area (Å²) in [6, 6.07) is 5.73. The van der Waals surface area contributed by atoms with Gasteiger partial charge in [-0.05, 0) is 25.0 Å². The average Bonchev–Trinajstić information content (AvgIpc) is 3.18. The predicted octanol–water partition coefficient (Wildman–Crippen LogP) is 2.37. The van der Waals surface area contributed by atoms with E-state index in [1.165, 1.54) is 0 Å². The van der Waals surface area contributed by atoms with Gasteiger partial charge in [0.15, 0.2) is 0 Å². The number of carbonyl (C=O) groups is 2. The van der Waals surface area contributed by atoms with E-state index in [1.807, 2.05) is 11.8 Å². The van der Waals surface area contributed by atoms with Gasteiger partial charge in [-0.1, -0.05) is 6.42 Å². The molecule has 0 unspecified atom stereocenters. The summed E-state index contributed by atoms with van der Waals surface area (Å²) in [6.07, 6.45) is 3.23. The maximum absolute atomic E-state index is 12.2. The Morgan fingerprint density at radius 2 is 2.12 bits per heavy atom. The number of anilines is 1. The minimum atomic E-state index is -0.0584. The van der Waals surface area contributed by atoms with Crippen LogP contribution in [-0.4, -0.2) is 49.2 Å². The van der Waals surface area contributed by atoms with Crippen molar-refractivity contribution in [3.8, 4) is 11.5 Å². The molecule has 2 heterocycles. The molecule has 26 heavy (non-hydrogen) atoms. The van der Waals surface area contributed by atoms with Gasteiger partial charge in [-0.2, -0.15) is 11.8 Å². The van der Waals surface area contributed by atoms with Gasteiger partial charge in [-0.25, -0.2) is 4.79 Å². The van der Waals surface area contributed by atoms with Crippen LogP contribution in [-0.2, 0) is 4.79 Å². The quantitative estimate of drug-likeness (QED) is 0.477. The van der Waals surface area contributed by atoms with E-state index < -0.39 is 0 Å². The van der Waals surface area contributed by atoms with E-state index in [2.05, 4.69) is 16.0 Å². The third-order valence-corrected chi connectivity index (χ3v) is 6.27. The zero-order valence-corrected chi connectivity index (χ0v) is 15.9. The Balaban J connectivity index is 1.41. The molecule has 1 aromatic carbocycles. The molecular formula is C18H25N3O4S. The van der Waals surface area contributed by atoms with Crippen molar-refractivity contribution < 1.29 is 19.1 Å². The summed E-state index contributed by atoms with van der Waals surface area (Å²) < 4.78 is 10.5. The van der Waals surface area contributed by atoms with Gasteiger partial charge >= 0.3 is 6.03 Å². The van der Waals surface area contributed by atoms with E-state index in [0.29, 0.717) is 28.9 Å². The fraction of sp³-hybridized carbons (Fsp3) is 0.556. The van der Waals surface area contributed by atoms with Gasteiger partial charge in [0, 0.05) is 23.5 Å². The van der Waals surface area contributed by atoms with Crippen molar-refractivity contribution in [2.75, 3.05) is 25.3 Å². The predicted molar refractivity (Wildman–Crippen MR) is 102 cm³/mol. The van der Waals surface area contributed by atoms with Crippen molar-refractivity contribution in [2.45, 2.75) is 43.0 Å². The van der Waals surface area contributed by atoms with Gasteiger partial charge in [-0.3, -0.25) is 4.79 Å². The van der Waals surface area contributed by atoms with Crippen molar-refractivity contribution in [2.24, 2.45) is 0 Å². The van der Waals surface area contributed by atoms with Crippen molar-refractivity contribution in [3.63, 3.8) is 0 Å². The SMILES string of the molecule is COc1ccc(OC)c(NC(=O)CCCC[C@H]2SC[C@@H]3NC(=O)N[C@H]32)c1. The van der Waals surface area contributed by atoms with Gasteiger partial charge in [0.2, 0.25) is 5.91 Å². The molecule has 2 aliphatic heterocycles. The summed E-state index contributed by atoms with van der Waals surface area (Å²) in [5.41, 5.74) is 0.616. The van der Waals surface area contributed by atoms with Crippen molar-refractivity contribution in [1.82, 2.24) is 10.6 Å². The maximum atomic E-state index is 12.2. The molecule has 0 aliphatic carbocycles. The molecule has 2 saturated heterocycles. The van der Waals surface area contributed by atoms with E-state index in [-0.39, 0.29) is 24.0 Å². The fourth-order valence-corrected chi connectivity index (χ4v) is 4.94. The van der Waals surface area contributed by atoms with Gasteiger partial charge < -0.3 is 25.4 Å². The Kier molecular flexibility index (Phi) is 6.13. The minimum Gasteiger partial charge on any atom is -0.497 e. The molecule has 0 bridgehead atoms. The number of fused-ring (bicyclic) bond motifs is 1. The Labute approximate surface area is 157 Å². The lowest BCUT2D eigenvalue weighted by atomic mass is 10.0. The summed E-state index contributed by atoms with van der Waals surface area (Å²) in [6.45, 7) is 0. The molecule has 0 aromatic heterocycles. The van der Waals surface area contributed by atoms with Crippen LogP contribution < -0.4 is 25.4 Å². The van der Waals surface area contributed by atoms with Crippen molar-refractivity contribution >= 4 is 29.4 Å². The molecule has 3 N–H and O–H groups in total. The molecule has 3 atom stereocenters. The first-order valence-electron chi connectivity index (χ1n) is 8.81. The molecule has 0 saturated carbocycles. The van der Waals surface area contributed by atoms with Crippen LogP contribution >= 0.6 is 11.8 Å². The van der Waals surface area contributed by atoms with E-state index in [0.717, 1.165) is 25.0 Å². The zero-order valence-electron chi connectivity index (χ0n) is 15.0. The lowest BCUT2D eigenvalue weighted by Gasteiger charge is -2.16. The molecule has 0 radical (unpaired) electrons. The largest absolute Gasteiger partial charge is 0.497 e. The Morgan fingerprint density at radius 3 is 2.88 bits per heavy atom. The number of benzene rings is 1. The van der Waals surface area contributed by atoms with Crippen LogP contribution in [0.3, 0.4) is 0 Å². The number of urea groups is 1. The van der Waals surface area contributed by atoms with Crippen LogP contribution in [0.1, 0.15) is 25.7 Å². The smallest absolute Gasteiger partial charge is 0.315 e. The minimum absolute atomic E-state index is 0.0376.